The van der Waals surface area contributed by atoms with Crippen molar-refractivity contribution < 1.29 is 17.2 Å². The molecule has 28 heavy (non-hydrogen) atoms. The number of nitrogens with one attached hydrogen (secondary N) is 1. The molecule has 0 bridgehead atoms. The van der Waals surface area contributed by atoms with Gasteiger partial charge in [-0.1, -0.05) is 0 Å². The van der Waals surface area contributed by atoms with Crippen LogP contribution in [-0.4, -0.2) is 62.7 Å². The third-order valence-electron chi connectivity index (χ3n) is 4.78. The zero-order valence-corrected chi connectivity index (χ0v) is 15.3. The van der Waals surface area contributed by atoms with Crippen LogP contribution in [0.15, 0.2) is 31.0 Å². The number of nitrogens with zero attached hydrogens (tertiary/aromatic N) is 6. The minimum atomic E-state index is -4.08. The fraction of sp³-hybridized carbons (Fsp3) is 0.375. The van der Waals surface area contributed by atoms with E-state index in [0.717, 1.165) is 9.69 Å². The molecule has 12 heteroatoms. The van der Waals surface area contributed by atoms with Crippen LogP contribution < -0.4 is 0 Å². The highest BCUT2D eigenvalue weighted by Gasteiger charge is 2.50. The first-order valence-corrected chi connectivity index (χ1v) is 9.92. The van der Waals surface area contributed by atoms with Crippen LogP contribution in [0.1, 0.15) is 6.42 Å². The Bertz CT molecular complexity index is 1160. The summed E-state index contributed by atoms with van der Waals surface area (Å²) < 4.78 is 51.5. The fourth-order valence-electron chi connectivity index (χ4n) is 3.36. The van der Waals surface area contributed by atoms with Crippen molar-refractivity contribution in [2.45, 2.75) is 18.4 Å². The summed E-state index contributed by atoms with van der Waals surface area (Å²) in [7, 11) is -4.08. The molecule has 146 valence electrons. The number of H-pyrrole nitrogens is 1. The van der Waals surface area contributed by atoms with Crippen molar-refractivity contribution in [2.24, 2.45) is 0 Å². The lowest BCUT2D eigenvalue weighted by Crippen LogP contribution is -2.64. The molecule has 1 fully saturated rings. The standard InChI is InChI=1S/C16H15F2N7O2S/c17-13(18)7-28(26,27)24-8-16(9-24,2-3-19)25-6-11(5-23-25)14-12-1-4-20-15(12)22-10-21-14/h1,4-6,10,13H,2,7-9H2,(H,20,21,22). The number of hydrogen-bond acceptors (Lipinski definition) is 6. The molecule has 4 rings (SSSR count). The lowest BCUT2D eigenvalue weighted by molar-refractivity contribution is 0.0694. The average Bonchev–Trinajstić information content (AvgIpc) is 3.25. The van der Waals surface area contributed by atoms with Gasteiger partial charge in [-0.15, -0.1) is 0 Å². The Hall–Kier alpha value is -2.91. The van der Waals surface area contributed by atoms with Gasteiger partial charge in [-0.25, -0.2) is 27.2 Å². The van der Waals surface area contributed by atoms with E-state index in [1.54, 1.807) is 18.6 Å². The van der Waals surface area contributed by atoms with Gasteiger partial charge in [0.2, 0.25) is 10.0 Å². The maximum Gasteiger partial charge on any atom is 0.253 e. The van der Waals surface area contributed by atoms with E-state index >= 15 is 0 Å². The van der Waals surface area contributed by atoms with Gasteiger partial charge in [-0.3, -0.25) is 4.68 Å². The molecular weight excluding hydrogens is 392 g/mol. The van der Waals surface area contributed by atoms with Crippen molar-refractivity contribution in [1.29, 1.82) is 5.26 Å². The monoisotopic (exact) mass is 407 g/mol. The van der Waals surface area contributed by atoms with E-state index in [-0.39, 0.29) is 19.5 Å². The van der Waals surface area contributed by atoms with Gasteiger partial charge in [0, 0.05) is 36.4 Å². The van der Waals surface area contributed by atoms with E-state index in [9.17, 15) is 22.5 Å². The summed E-state index contributed by atoms with van der Waals surface area (Å²) in [5.74, 6) is -1.23. The van der Waals surface area contributed by atoms with Crippen LogP contribution in [0.3, 0.4) is 0 Å². The second kappa shape index (κ2) is 6.61. The van der Waals surface area contributed by atoms with Crippen molar-refractivity contribution in [3.63, 3.8) is 0 Å². The first kappa shape index (κ1) is 18.5. The smallest absolute Gasteiger partial charge is 0.253 e. The van der Waals surface area contributed by atoms with Gasteiger partial charge in [0.1, 0.15) is 23.3 Å². The summed E-state index contributed by atoms with van der Waals surface area (Å²) in [6.45, 7) is -0.167. The Morgan fingerprint density at radius 1 is 1.36 bits per heavy atom. The van der Waals surface area contributed by atoms with Gasteiger partial charge in [-0.05, 0) is 6.07 Å². The van der Waals surface area contributed by atoms with E-state index in [2.05, 4.69) is 20.1 Å². The van der Waals surface area contributed by atoms with Gasteiger partial charge in [-0.2, -0.15) is 14.7 Å². The molecule has 0 spiro atoms. The number of aromatic amines is 1. The molecule has 0 radical (unpaired) electrons. The molecule has 0 atom stereocenters. The Labute approximate surface area is 158 Å². The number of halogens is 2. The Morgan fingerprint density at radius 3 is 2.86 bits per heavy atom. The Balaban J connectivity index is 1.63. The van der Waals surface area contributed by atoms with Gasteiger partial charge in [0.25, 0.3) is 6.43 Å². The van der Waals surface area contributed by atoms with Gasteiger partial charge in [0.15, 0.2) is 0 Å². The lowest BCUT2D eigenvalue weighted by atomic mass is 9.89. The minimum Gasteiger partial charge on any atom is -0.346 e. The van der Waals surface area contributed by atoms with Crippen LogP contribution in [0.2, 0.25) is 0 Å². The van der Waals surface area contributed by atoms with Crippen molar-refractivity contribution in [3.05, 3.63) is 31.0 Å². The van der Waals surface area contributed by atoms with Crippen LogP contribution in [-0.2, 0) is 15.6 Å². The molecule has 4 heterocycles. The fourth-order valence-corrected chi connectivity index (χ4v) is 4.77. The molecule has 0 aromatic carbocycles. The predicted molar refractivity (Wildman–Crippen MR) is 94.7 cm³/mol. The van der Waals surface area contributed by atoms with Crippen LogP contribution in [0.25, 0.3) is 22.3 Å². The molecule has 3 aromatic heterocycles. The highest BCUT2D eigenvalue weighted by Crippen LogP contribution is 2.36. The molecule has 3 aromatic rings. The van der Waals surface area contributed by atoms with Crippen LogP contribution in [0, 0.1) is 11.3 Å². The largest absolute Gasteiger partial charge is 0.346 e. The van der Waals surface area contributed by atoms with Crippen molar-refractivity contribution in [1.82, 2.24) is 29.0 Å². The van der Waals surface area contributed by atoms with Gasteiger partial charge >= 0.3 is 0 Å². The highest BCUT2D eigenvalue weighted by molar-refractivity contribution is 7.89. The van der Waals surface area contributed by atoms with E-state index in [1.807, 2.05) is 12.1 Å². The van der Waals surface area contributed by atoms with E-state index in [0.29, 0.717) is 16.9 Å². The lowest BCUT2D eigenvalue weighted by Gasteiger charge is -2.47. The topological polar surface area (TPSA) is 121 Å². The van der Waals surface area contributed by atoms with Crippen LogP contribution in [0.5, 0.6) is 0 Å². The molecular formula is C16H15F2N7O2S. The first-order chi connectivity index (χ1) is 13.3. The molecule has 1 N–H and O–H groups in total. The molecule has 1 saturated heterocycles. The maximum absolute atomic E-state index is 12.5. The number of aromatic nitrogens is 5. The quantitative estimate of drug-likeness (QED) is 0.658. The Morgan fingerprint density at radius 2 is 2.14 bits per heavy atom. The van der Waals surface area contributed by atoms with Crippen molar-refractivity contribution >= 4 is 21.1 Å². The number of nitriles is 1. The number of sulfonamides is 1. The maximum atomic E-state index is 12.5. The van der Waals surface area contributed by atoms with E-state index < -0.39 is 27.7 Å². The second-order valence-corrected chi connectivity index (χ2v) is 8.65. The molecule has 1 aliphatic heterocycles. The summed E-state index contributed by atoms with van der Waals surface area (Å²) in [5, 5.41) is 14.3. The summed E-state index contributed by atoms with van der Waals surface area (Å²) in [6.07, 6.45) is 3.46. The molecule has 0 unspecified atom stereocenters. The molecule has 0 amide bonds. The first-order valence-electron chi connectivity index (χ1n) is 8.31. The number of alkyl halides is 2. The van der Waals surface area contributed by atoms with Crippen molar-refractivity contribution in [2.75, 3.05) is 18.8 Å². The van der Waals surface area contributed by atoms with Gasteiger partial charge in [0.05, 0.1) is 24.4 Å². The molecule has 9 nitrogen and oxygen atoms in total. The summed E-state index contributed by atoms with van der Waals surface area (Å²) >= 11 is 0. The second-order valence-electron chi connectivity index (χ2n) is 6.63. The molecule has 0 aliphatic carbocycles. The summed E-state index contributed by atoms with van der Waals surface area (Å²) in [5.41, 5.74) is 1.09. The number of hydrogen-bond donors (Lipinski definition) is 1. The van der Waals surface area contributed by atoms with E-state index in [1.165, 1.54) is 11.0 Å². The predicted octanol–water partition coefficient (Wildman–Crippen LogP) is 1.34. The third kappa shape index (κ3) is 3.02. The third-order valence-corrected chi connectivity index (χ3v) is 6.49. The van der Waals surface area contributed by atoms with Gasteiger partial charge < -0.3 is 4.98 Å². The highest BCUT2D eigenvalue weighted by atomic mass is 32.2. The summed E-state index contributed by atoms with van der Waals surface area (Å²) in [4.78, 5) is 11.4. The normalized spacial score (nSPS) is 16.9. The minimum absolute atomic E-state index is 0.00183. The Kier molecular flexibility index (Phi) is 4.35. The van der Waals surface area contributed by atoms with Crippen LogP contribution in [0.4, 0.5) is 8.78 Å². The molecule has 1 aliphatic rings. The number of rotatable bonds is 6. The van der Waals surface area contributed by atoms with Crippen molar-refractivity contribution in [3.8, 4) is 17.3 Å². The summed E-state index contributed by atoms with van der Waals surface area (Å²) in [6, 6.07) is 3.86. The molecule has 0 saturated carbocycles. The SMILES string of the molecule is N#CCC1(n2cc(-c3ncnc4[nH]ccc34)cn2)CN(S(=O)(=O)CC(F)F)C1. The zero-order valence-electron chi connectivity index (χ0n) is 14.5. The zero-order chi connectivity index (χ0) is 19.9. The van der Waals surface area contributed by atoms with E-state index in [4.69, 9.17) is 0 Å². The number of fused-ring (bicyclic) bond motifs is 1. The van der Waals surface area contributed by atoms with Crippen LogP contribution >= 0.6 is 0 Å². The average molecular weight is 407 g/mol.